The van der Waals surface area contributed by atoms with Gasteiger partial charge in [-0.3, -0.25) is 4.68 Å². The number of benzene rings is 1. The molecule has 0 saturated heterocycles. The highest BCUT2D eigenvalue weighted by Crippen LogP contribution is 2.26. The van der Waals surface area contributed by atoms with E-state index in [0.717, 1.165) is 16.1 Å². The van der Waals surface area contributed by atoms with Crippen LogP contribution in [-0.2, 0) is 0 Å². The van der Waals surface area contributed by atoms with Crippen LogP contribution in [0.1, 0.15) is 25.5 Å². The summed E-state index contributed by atoms with van der Waals surface area (Å²) in [7, 11) is 0. The molecule has 1 aromatic heterocycles. The van der Waals surface area contributed by atoms with Crippen LogP contribution in [0.25, 0.3) is 10.9 Å². The van der Waals surface area contributed by atoms with E-state index in [2.05, 4.69) is 38.0 Å². The number of hydrogen-bond acceptors (Lipinski definition) is 1. The molecule has 0 saturated carbocycles. The van der Waals surface area contributed by atoms with Gasteiger partial charge in [0.25, 0.3) is 0 Å². The molecular weight excluding hydrogens is 196 g/mol. The zero-order valence-electron chi connectivity index (χ0n) is 8.58. The predicted molar refractivity (Wildman–Crippen MR) is 59.9 cm³/mol. The topological polar surface area (TPSA) is 17.8 Å². The van der Waals surface area contributed by atoms with Crippen molar-refractivity contribution >= 4 is 22.5 Å². The molecule has 1 heterocycles. The predicted octanol–water partition coefficient (Wildman–Crippen LogP) is 3.58. The largest absolute Gasteiger partial charge is 0.250 e. The fourth-order valence-electron chi connectivity index (χ4n) is 1.52. The van der Waals surface area contributed by atoms with Crippen molar-refractivity contribution in [1.82, 2.24) is 9.78 Å². The third-order valence-corrected chi connectivity index (χ3v) is 2.66. The highest BCUT2D eigenvalue weighted by Gasteiger charge is 2.10. The lowest BCUT2D eigenvalue weighted by Gasteiger charge is -2.05. The van der Waals surface area contributed by atoms with Crippen LogP contribution in [0.4, 0.5) is 0 Å². The summed E-state index contributed by atoms with van der Waals surface area (Å²) in [5, 5.41) is 6.22. The molecule has 0 aliphatic carbocycles. The molecule has 0 amide bonds. The van der Waals surface area contributed by atoms with Gasteiger partial charge in [0.05, 0.1) is 5.52 Å². The molecule has 0 atom stereocenters. The van der Waals surface area contributed by atoms with Crippen molar-refractivity contribution in [3.8, 4) is 0 Å². The van der Waals surface area contributed by atoms with Gasteiger partial charge in [0.2, 0.25) is 0 Å². The van der Waals surface area contributed by atoms with Crippen molar-refractivity contribution < 1.29 is 0 Å². The summed E-state index contributed by atoms with van der Waals surface area (Å²) in [5.41, 5.74) is 2.19. The molecule has 0 aliphatic heterocycles. The highest BCUT2D eigenvalue weighted by atomic mass is 35.5. The highest BCUT2D eigenvalue weighted by molar-refractivity contribution is 6.34. The van der Waals surface area contributed by atoms with E-state index in [1.54, 1.807) is 0 Å². The zero-order valence-corrected chi connectivity index (χ0v) is 9.34. The van der Waals surface area contributed by atoms with E-state index in [4.69, 9.17) is 11.6 Å². The lowest BCUT2D eigenvalue weighted by atomic mass is 10.2. The molecule has 1 aromatic carbocycles. The third kappa shape index (κ3) is 1.40. The van der Waals surface area contributed by atoms with Gasteiger partial charge in [-0.2, -0.15) is 5.10 Å². The fraction of sp³-hybridized carbons (Fsp3) is 0.364. The Morgan fingerprint density at radius 2 is 2.07 bits per heavy atom. The van der Waals surface area contributed by atoms with Crippen LogP contribution in [0.3, 0.4) is 0 Å². The number of halogens is 1. The van der Waals surface area contributed by atoms with Gasteiger partial charge in [-0.05, 0) is 38.5 Å². The first-order valence-electron chi connectivity index (χ1n) is 4.74. The van der Waals surface area contributed by atoms with Gasteiger partial charge in [0.15, 0.2) is 0 Å². The van der Waals surface area contributed by atoms with E-state index in [1.807, 2.05) is 10.7 Å². The van der Waals surface area contributed by atoms with Gasteiger partial charge in [0.1, 0.15) is 5.15 Å². The van der Waals surface area contributed by atoms with E-state index in [-0.39, 0.29) is 0 Å². The van der Waals surface area contributed by atoms with Crippen molar-refractivity contribution in [2.24, 2.45) is 0 Å². The standard InChI is InChI=1S/C11H13ClN2/c1-7(2)14-11(12)9-5-4-8(3)6-10(9)13-14/h4-7H,1-3H3. The van der Waals surface area contributed by atoms with Crippen LogP contribution >= 0.6 is 11.6 Å². The first-order chi connectivity index (χ1) is 6.59. The Morgan fingerprint density at radius 3 is 2.71 bits per heavy atom. The SMILES string of the molecule is Cc1ccc2c(Cl)n(C(C)C)nc2c1. The van der Waals surface area contributed by atoms with E-state index < -0.39 is 0 Å². The summed E-state index contributed by atoms with van der Waals surface area (Å²) in [6.45, 7) is 6.21. The second-order valence-electron chi connectivity index (χ2n) is 3.85. The molecule has 2 aromatic rings. The maximum absolute atomic E-state index is 6.20. The molecule has 0 unspecified atom stereocenters. The maximum atomic E-state index is 6.20. The van der Waals surface area contributed by atoms with Gasteiger partial charge < -0.3 is 0 Å². The number of rotatable bonds is 1. The first-order valence-corrected chi connectivity index (χ1v) is 5.12. The summed E-state index contributed by atoms with van der Waals surface area (Å²) >= 11 is 6.20. The Balaban J connectivity index is 2.73. The van der Waals surface area contributed by atoms with Crippen LogP contribution in [0, 0.1) is 6.92 Å². The minimum atomic E-state index is 0.301. The summed E-state index contributed by atoms with van der Waals surface area (Å²) in [4.78, 5) is 0. The molecule has 0 spiro atoms. The minimum absolute atomic E-state index is 0.301. The van der Waals surface area contributed by atoms with Crippen LogP contribution in [-0.4, -0.2) is 9.78 Å². The average molecular weight is 209 g/mol. The monoisotopic (exact) mass is 208 g/mol. The lowest BCUT2D eigenvalue weighted by Crippen LogP contribution is -2.01. The third-order valence-electron chi connectivity index (χ3n) is 2.28. The van der Waals surface area contributed by atoms with E-state index in [0.29, 0.717) is 6.04 Å². The van der Waals surface area contributed by atoms with Crippen molar-refractivity contribution in [3.05, 3.63) is 28.9 Å². The molecule has 3 heteroatoms. The van der Waals surface area contributed by atoms with Gasteiger partial charge >= 0.3 is 0 Å². The van der Waals surface area contributed by atoms with Crippen molar-refractivity contribution in [1.29, 1.82) is 0 Å². The Kier molecular flexibility index (Phi) is 2.23. The van der Waals surface area contributed by atoms with E-state index in [1.165, 1.54) is 5.56 Å². The Bertz CT molecular complexity index is 471. The van der Waals surface area contributed by atoms with Crippen molar-refractivity contribution in [2.75, 3.05) is 0 Å². The van der Waals surface area contributed by atoms with Crippen molar-refractivity contribution in [3.63, 3.8) is 0 Å². The molecule has 74 valence electrons. The summed E-state index contributed by atoms with van der Waals surface area (Å²) in [6.07, 6.45) is 0. The lowest BCUT2D eigenvalue weighted by molar-refractivity contribution is 0.538. The Hall–Kier alpha value is -1.02. The maximum Gasteiger partial charge on any atom is 0.135 e. The second-order valence-corrected chi connectivity index (χ2v) is 4.21. The quantitative estimate of drug-likeness (QED) is 0.701. The minimum Gasteiger partial charge on any atom is -0.250 e. The molecular formula is C11H13ClN2. The molecule has 0 fully saturated rings. The number of aromatic nitrogens is 2. The van der Waals surface area contributed by atoms with E-state index >= 15 is 0 Å². The normalized spacial score (nSPS) is 11.5. The number of nitrogens with zero attached hydrogens (tertiary/aromatic N) is 2. The Morgan fingerprint density at radius 1 is 1.36 bits per heavy atom. The second kappa shape index (κ2) is 3.28. The van der Waals surface area contributed by atoms with Crippen LogP contribution in [0.5, 0.6) is 0 Å². The first kappa shape index (κ1) is 9.53. The molecule has 14 heavy (non-hydrogen) atoms. The number of aryl methyl sites for hydroxylation is 1. The molecule has 0 aliphatic rings. The van der Waals surface area contributed by atoms with E-state index in [9.17, 15) is 0 Å². The van der Waals surface area contributed by atoms with Gasteiger partial charge in [-0.15, -0.1) is 0 Å². The van der Waals surface area contributed by atoms with Crippen LogP contribution < -0.4 is 0 Å². The Labute approximate surface area is 88.5 Å². The summed E-state index contributed by atoms with van der Waals surface area (Å²) < 4.78 is 1.85. The number of fused-ring (bicyclic) bond motifs is 1. The van der Waals surface area contributed by atoms with Gasteiger partial charge in [-0.1, -0.05) is 17.7 Å². The van der Waals surface area contributed by atoms with Crippen molar-refractivity contribution in [2.45, 2.75) is 26.8 Å². The molecule has 2 nitrogen and oxygen atoms in total. The summed E-state index contributed by atoms with van der Waals surface area (Å²) in [5.74, 6) is 0. The molecule has 0 radical (unpaired) electrons. The van der Waals surface area contributed by atoms with Crippen LogP contribution in [0.15, 0.2) is 18.2 Å². The fourth-order valence-corrected chi connectivity index (χ4v) is 1.92. The zero-order chi connectivity index (χ0) is 10.3. The van der Waals surface area contributed by atoms with Gasteiger partial charge in [-0.25, -0.2) is 0 Å². The average Bonchev–Trinajstić information content (AvgIpc) is 2.43. The smallest absolute Gasteiger partial charge is 0.135 e. The summed E-state index contributed by atoms with van der Waals surface area (Å²) in [6, 6.07) is 6.44. The van der Waals surface area contributed by atoms with Gasteiger partial charge in [0, 0.05) is 11.4 Å². The number of hydrogen-bond donors (Lipinski definition) is 0. The van der Waals surface area contributed by atoms with Crippen LogP contribution in [0.2, 0.25) is 5.15 Å². The molecule has 0 bridgehead atoms. The molecule has 0 N–H and O–H groups in total. The molecule has 2 rings (SSSR count).